The van der Waals surface area contributed by atoms with Crippen LogP contribution in [0, 0.1) is 6.92 Å². The third kappa shape index (κ3) is 8.05. The SMILES string of the molecule is CCC(C)N(C(=O)CNC(=O)OC(C)(C)C)C(C(=O)NC(C)C)c1ccc(C)cc1. The molecule has 0 spiro atoms. The van der Waals surface area contributed by atoms with E-state index in [0.29, 0.717) is 6.42 Å². The van der Waals surface area contributed by atoms with Gasteiger partial charge in [0.05, 0.1) is 0 Å². The molecule has 0 saturated carbocycles. The molecular formula is C23H37N3O4. The summed E-state index contributed by atoms with van der Waals surface area (Å²) in [6.07, 6.45) is -0.00588. The number of benzene rings is 1. The van der Waals surface area contributed by atoms with E-state index in [1.807, 2.05) is 58.9 Å². The average Bonchev–Trinajstić information content (AvgIpc) is 2.62. The molecular weight excluding hydrogens is 382 g/mol. The predicted molar refractivity (Wildman–Crippen MR) is 118 cm³/mol. The molecule has 2 atom stereocenters. The molecule has 7 heteroatoms. The fourth-order valence-corrected chi connectivity index (χ4v) is 2.94. The zero-order chi connectivity index (χ0) is 23.1. The van der Waals surface area contributed by atoms with Gasteiger partial charge in [-0.1, -0.05) is 36.8 Å². The smallest absolute Gasteiger partial charge is 0.408 e. The van der Waals surface area contributed by atoms with E-state index >= 15 is 0 Å². The van der Waals surface area contributed by atoms with Crippen LogP contribution < -0.4 is 10.6 Å². The van der Waals surface area contributed by atoms with Crippen LogP contribution in [0.5, 0.6) is 0 Å². The number of aryl methyl sites for hydroxylation is 1. The number of amides is 3. The molecule has 0 fully saturated rings. The van der Waals surface area contributed by atoms with Crippen LogP contribution >= 0.6 is 0 Å². The van der Waals surface area contributed by atoms with Gasteiger partial charge >= 0.3 is 6.09 Å². The molecule has 0 aliphatic heterocycles. The van der Waals surface area contributed by atoms with E-state index in [1.165, 1.54) is 0 Å². The van der Waals surface area contributed by atoms with Crippen LogP contribution in [0.3, 0.4) is 0 Å². The highest BCUT2D eigenvalue weighted by atomic mass is 16.6. The van der Waals surface area contributed by atoms with Gasteiger partial charge in [-0.15, -0.1) is 0 Å². The Balaban J connectivity index is 3.19. The first-order valence-corrected chi connectivity index (χ1v) is 10.5. The Morgan fingerprint density at radius 2 is 1.63 bits per heavy atom. The standard InChI is InChI=1S/C23H37N3O4/c1-9-17(5)26(19(27)14-24-22(29)30-23(6,7)8)20(21(28)25-15(2)3)18-12-10-16(4)11-13-18/h10-13,15,17,20H,9,14H2,1-8H3,(H,24,29)(H,25,28). The van der Waals surface area contributed by atoms with Gasteiger partial charge in [-0.05, 0) is 60.5 Å². The number of carbonyl (C=O) groups is 3. The molecule has 0 heterocycles. The Labute approximate surface area is 180 Å². The summed E-state index contributed by atoms with van der Waals surface area (Å²) in [5, 5.41) is 5.43. The summed E-state index contributed by atoms with van der Waals surface area (Å²) in [7, 11) is 0. The molecule has 2 unspecified atom stereocenters. The van der Waals surface area contributed by atoms with Gasteiger partial charge in [-0.2, -0.15) is 0 Å². The van der Waals surface area contributed by atoms with Crippen molar-refractivity contribution in [1.82, 2.24) is 15.5 Å². The maximum absolute atomic E-state index is 13.2. The molecule has 168 valence electrons. The summed E-state index contributed by atoms with van der Waals surface area (Å²) in [5.41, 5.74) is 1.13. The maximum atomic E-state index is 13.2. The first-order valence-electron chi connectivity index (χ1n) is 10.5. The quantitative estimate of drug-likeness (QED) is 0.672. The second kappa shape index (κ2) is 11.0. The topological polar surface area (TPSA) is 87.7 Å². The highest BCUT2D eigenvalue weighted by Crippen LogP contribution is 2.25. The number of hydrogen-bond acceptors (Lipinski definition) is 4. The van der Waals surface area contributed by atoms with E-state index in [-0.39, 0.29) is 30.4 Å². The largest absolute Gasteiger partial charge is 0.444 e. The number of alkyl carbamates (subject to hydrolysis) is 1. The van der Waals surface area contributed by atoms with Crippen LogP contribution in [0.25, 0.3) is 0 Å². The van der Waals surface area contributed by atoms with E-state index in [9.17, 15) is 14.4 Å². The summed E-state index contributed by atoms with van der Waals surface area (Å²) in [6.45, 7) is 14.6. The predicted octanol–water partition coefficient (Wildman–Crippen LogP) is 3.71. The lowest BCUT2D eigenvalue weighted by Crippen LogP contribution is -2.51. The normalized spacial score (nSPS) is 13.4. The number of hydrogen-bond donors (Lipinski definition) is 2. The molecule has 2 N–H and O–H groups in total. The molecule has 1 aromatic carbocycles. The van der Waals surface area contributed by atoms with Crippen molar-refractivity contribution in [2.75, 3.05) is 6.54 Å². The van der Waals surface area contributed by atoms with Crippen molar-refractivity contribution >= 4 is 17.9 Å². The Kier molecular flexibility index (Phi) is 9.33. The Bertz CT molecular complexity index is 723. The summed E-state index contributed by atoms with van der Waals surface area (Å²) >= 11 is 0. The highest BCUT2D eigenvalue weighted by Gasteiger charge is 2.34. The summed E-state index contributed by atoms with van der Waals surface area (Å²) in [4.78, 5) is 39.8. The molecule has 1 rings (SSSR count). The Morgan fingerprint density at radius 1 is 1.07 bits per heavy atom. The zero-order valence-electron chi connectivity index (χ0n) is 19.5. The van der Waals surface area contributed by atoms with Crippen molar-refractivity contribution in [3.05, 3.63) is 35.4 Å². The molecule has 3 amide bonds. The van der Waals surface area contributed by atoms with Crippen molar-refractivity contribution in [1.29, 1.82) is 0 Å². The molecule has 0 radical (unpaired) electrons. The minimum absolute atomic E-state index is 0.0702. The monoisotopic (exact) mass is 419 g/mol. The van der Waals surface area contributed by atoms with Gasteiger partial charge in [-0.25, -0.2) is 4.79 Å². The molecule has 0 bridgehead atoms. The van der Waals surface area contributed by atoms with Crippen molar-refractivity contribution in [2.24, 2.45) is 0 Å². The van der Waals surface area contributed by atoms with E-state index < -0.39 is 17.7 Å². The third-order valence-electron chi connectivity index (χ3n) is 4.49. The molecule has 0 aliphatic carbocycles. The first-order chi connectivity index (χ1) is 13.9. The average molecular weight is 420 g/mol. The minimum Gasteiger partial charge on any atom is -0.444 e. The second-order valence-electron chi connectivity index (χ2n) is 8.89. The second-order valence-corrected chi connectivity index (χ2v) is 8.89. The summed E-state index contributed by atoms with van der Waals surface area (Å²) in [6, 6.07) is 6.50. The van der Waals surface area contributed by atoms with E-state index in [1.54, 1.807) is 25.7 Å². The van der Waals surface area contributed by atoms with E-state index in [4.69, 9.17) is 4.74 Å². The minimum atomic E-state index is -0.795. The highest BCUT2D eigenvalue weighted by molar-refractivity contribution is 5.90. The van der Waals surface area contributed by atoms with E-state index in [0.717, 1.165) is 11.1 Å². The molecule has 7 nitrogen and oxygen atoms in total. The van der Waals surface area contributed by atoms with Gasteiger partial charge in [0.15, 0.2) is 0 Å². The lowest BCUT2D eigenvalue weighted by Gasteiger charge is -2.36. The number of nitrogens with zero attached hydrogens (tertiary/aromatic N) is 1. The summed E-state index contributed by atoms with van der Waals surface area (Å²) < 4.78 is 5.21. The van der Waals surface area contributed by atoms with Gasteiger partial charge < -0.3 is 20.3 Å². The molecule has 1 aromatic rings. The van der Waals surface area contributed by atoms with Gasteiger partial charge in [0, 0.05) is 12.1 Å². The molecule has 30 heavy (non-hydrogen) atoms. The molecule has 0 saturated heterocycles. The van der Waals surface area contributed by atoms with Gasteiger partial charge in [0.1, 0.15) is 18.2 Å². The molecule has 0 aromatic heterocycles. The van der Waals surface area contributed by atoms with E-state index in [2.05, 4.69) is 10.6 Å². The number of nitrogens with one attached hydrogen (secondary N) is 2. The van der Waals surface area contributed by atoms with Crippen LogP contribution in [0.1, 0.15) is 72.1 Å². The number of ether oxygens (including phenoxy) is 1. The summed E-state index contributed by atoms with van der Waals surface area (Å²) in [5.74, 6) is -0.598. The lowest BCUT2D eigenvalue weighted by atomic mass is 10.00. The van der Waals surface area contributed by atoms with Gasteiger partial charge in [0.25, 0.3) is 0 Å². The van der Waals surface area contributed by atoms with Crippen molar-refractivity contribution in [3.8, 4) is 0 Å². The van der Waals surface area contributed by atoms with Crippen LogP contribution in [0.15, 0.2) is 24.3 Å². The third-order valence-corrected chi connectivity index (χ3v) is 4.49. The van der Waals surface area contributed by atoms with Gasteiger partial charge in [0.2, 0.25) is 11.8 Å². The Hall–Kier alpha value is -2.57. The Morgan fingerprint density at radius 3 is 2.10 bits per heavy atom. The fourth-order valence-electron chi connectivity index (χ4n) is 2.94. The number of carbonyl (C=O) groups excluding carboxylic acids is 3. The number of rotatable bonds is 8. The van der Waals surface area contributed by atoms with Crippen LogP contribution in [-0.4, -0.2) is 47.0 Å². The fraction of sp³-hybridized carbons (Fsp3) is 0.609. The molecule has 0 aliphatic rings. The van der Waals surface area contributed by atoms with Gasteiger partial charge in [-0.3, -0.25) is 9.59 Å². The maximum Gasteiger partial charge on any atom is 0.408 e. The van der Waals surface area contributed by atoms with Crippen molar-refractivity contribution < 1.29 is 19.1 Å². The van der Waals surface area contributed by atoms with Crippen molar-refractivity contribution in [2.45, 2.75) is 85.5 Å². The van der Waals surface area contributed by atoms with Crippen molar-refractivity contribution in [3.63, 3.8) is 0 Å². The first kappa shape index (κ1) is 25.5. The van der Waals surface area contributed by atoms with Crippen LogP contribution in [0.2, 0.25) is 0 Å². The van der Waals surface area contributed by atoms with Crippen LogP contribution in [-0.2, 0) is 14.3 Å². The zero-order valence-corrected chi connectivity index (χ0v) is 19.5. The van der Waals surface area contributed by atoms with Crippen LogP contribution in [0.4, 0.5) is 4.79 Å². The lowest BCUT2D eigenvalue weighted by molar-refractivity contribution is -0.142.